The molecule has 1 saturated heterocycles. The maximum absolute atomic E-state index is 11.6. The number of anilines is 1. The van der Waals surface area contributed by atoms with Gasteiger partial charge in [0, 0.05) is 13.5 Å². The zero-order chi connectivity index (χ0) is 13.8. The first-order chi connectivity index (χ1) is 9.11. The number of thiazole rings is 1. The molecule has 2 heterocycles. The van der Waals surface area contributed by atoms with Crippen LogP contribution in [0.2, 0.25) is 0 Å². The van der Waals surface area contributed by atoms with Crippen molar-refractivity contribution in [1.82, 2.24) is 4.98 Å². The van der Waals surface area contributed by atoms with E-state index in [1.807, 2.05) is 0 Å². The summed E-state index contributed by atoms with van der Waals surface area (Å²) in [6, 6.07) is 0.171. The number of ether oxygens (including phenoxy) is 2. The summed E-state index contributed by atoms with van der Waals surface area (Å²) >= 11 is 1.18. The van der Waals surface area contributed by atoms with E-state index in [9.17, 15) is 9.59 Å². The van der Waals surface area contributed by atoms with E-state index in [0.717, 1.165) is 19.4 Å². The average Bonchev–Trinajstić information content (AvgIpc) is 2.83. The summed E-state index contributed by atoms with van der Waals surface area (Å²) in [5, 5.41) is 3.75. The number of rotatable bonds is 4. The van der Waals surface area contributed by atoms with Crippen LogP contribution in [0.5, 0.6) is 0 Å². The molecule has 1 atom stereocenters. The van der Waals surface area contributed by atoms with E-state index < -0.39 is 5.97 Å². The van der Waals surface area contributed by atoms with Gasteiger partial charge in [-0.15, -0.1) is 0 Å². The smallest absolute Gasteiger partial charge is 0.358 e. The third kappa shape index (κ3) is 3.30. The molecule has 1 unspecified atom stereocenters. The summed E-state index contributed by atoms with van der Waals surface area (Å²) in [6.07, 6.45) is 1.98. The summed E-state index contributed by atoms with van der Waals surface area (Å²) in [6.45, 7) is 2.80. The number of hydrogen-bond donors (Lipinski definition) is 1. The van der Waals surface area contributed by atoms with E-state index in [-0.39, 0.29) is 17.5 Å². The Hall–Kier alpha value is -1.47. The van der Waals surface area contributed by atoms with Gasteiger partial charge in [-0.1, -0.05) is 11.3 Å². The number of carbonyl (C=O) groups excluding carboxylic acids is 2. The highest BCUT2D eigenvalue weighted by atomic mass is 32.1. The monoisotopic (exact) mass is 284 g/mol. The molecule has 1 aliphatic heterocycles. The van der Waals surface area contributed by atoms with E-state index in [0.29, 0.717) is 16.6 Å². The van der Waals surface area contributed by atoms with Crippen LogP contribution in [-0.2, 0) is 9.47 Å². The molecule has 0 radical (unpaired) electrons. The molecule has 1 aromatic heterocycles. The summed E-state index contributed by atoms with van der Waals surface area (Å²) in [7, 11) is 1.27. The molecule has 1 aliphatic rings. The molecule has 1 fully saturated rings. The van der Waals surface area contributed by atoms with Crippen LogP contribution in [0.1, 0.15) is 39.9 Å². The number of aromatic nitrogens is 1. The van der Waals surface area contributed by atoms with Crippen LogP contribution >= 0.6 is 11.3 Å². The number of nitrogens with one attached hydrogen (secondary N) is 1. The van der Waals surface area contributed by atoms with E-state index in [1.165, 1.54) is 25.4 Å². The second kappa shape index (κ2) is 6.12. The zero-order valence-corrected chi connectivity index (χ0v) is 11.7. The van der Waals surface area contributed by atoms with Gasteiger partial charge in [-0.2, -0.15) is 0 Å². The maximum atomic E-state index is 11.6. The van der Waals surface area contributed by atoms with Gasteiger partial charge in [0.05, 0.1) is 19.8 Å². The minimum absolute atomic E-state index is 0.0826. The third-order valence-electron chi connectivity index (χ3n) is 2.81. The fourth-order valence-corrected chi connectivity index (χ4v) is 2.81. The van der Waals surface area contributed by atoms with Crippen LogP contribution < -0.4 is 5.32 Å². The van der Waals surface area contributed by atoms with E-state index >= 15 is 0 Å². The van der Waals surface area contributed by atoms with Gasteiger partial charge in [0.1, 0.15) is 4.88 Å². The van der Waals surface area contributed by atoms with E-state index in [2.05, 4.69) is 15.0 Å². The first-order valence-corrected chi connectivity index (χ1v) is 6.88. The van der Waals surface area contributed by atoms with Crippen molar-refractivity contribution in [3.63, 3.8) is 0 Å². The Bertz CT molecular complexity index is 480. The van der Waals surface area contributed by atoms with Gasteiger partial charge in [-0.25, -0.2) is 9.78 Å². The number of esters is 1. The van der Waals surface area contributed by atoms with Crippen LogP contribution in [-0.4, -0.2) is 43.1 Å². The summed E-state index contributed by atoms with van der Waals surface area (Å²) < 4.78 is 9.99. The molecule has 0 aliphatic carbocycles. The fraction of sp³-hybridized carbons (Fsp3) is 0.583. The summed E-state index contributed by atoms with van der Waals surface area (Å²) in [4.78, 5) is 27.5. The first-order valence-electron chi connectivity index (χ1n) is 6.06. The van der Waals surface area contributed by atoms with Crippen LogP contribution in [0, 0.1) is 0 Å². The predicted molar refractivity (Wildman–Crippen MR) is 70.9 cm³/mol. The lowest BCUT2D eigenvalue weighted by Gasteiger charge is -2.22. The molecule has 0 bridgehead atoms. The lowest BCUT2D eigenvalue weighted by Crippen LogP contribution is -2.29. The van der Waals surface area contributed by atoms with Gasteiger partial charge in [-0.3, -0.25) is 4.79 Å². The Labute approximate surface area is 115 Å². The quantitative estimate of drug-likeness (QED) is 0.670. The molecule has 7 heteroatoms. The van der Waals surface area contributed by atoms with E-state index in [1.54, 1.807) is 0 Å². The van der Waals surface area contributed by atoms with Crippen LogP contribution in [0.4, 0.5) is 5.13 Å². The van der Waals surface area contributed by atoms with Crippen molar-refractivity contribution in [3.05, 3.63) is 10.6 Å². The number of Topliss-reactive ketones (excluding diaryl/α,β-unsaturated/α-hetero) is 1. The number of ketones is 1. The lowest BCUT2D eigenvalue weighted by molar-refractivity contribution is 0.0591. The van der Waals surface area contributed by atoms with Crippen molar-refractivity contribution in [2.45, 2.75) is 25.8 Å². The maximum Gasteiger partial charge on any atom is 0.358 e. The fourth-order valence-electron chi connectivity index (χ4n) is 1.88. The molecule has 0 amide bonds. The van der Waals surface area contributed by atoms with Gasteiger partial charge in [-0.05, 0) is 12.8 Å². The topological polar surface area (TPSA) is 77.5 Å². The third-order valence-corrected chi connectivity index (χ3v) is 3.90. The molecule has 2 rings (SSSR count). The molecule has 0 aromatic carbocycles. The van der Waals surface area contributed by atoms with Crippen molar-refractivity contribution < 1.29 is 19.1 Å². The molecule has 0 saturated carbocycles. The van der Waals surface area contributed by atoms with Gasteiger partial charge < -0.3 is 14.8 Å². The van der Waals surface area contributed by atoms with Crippen molar-refractivity contribution >= 4 is 28.2 Å². The Balaban J connectivity index is 2.17. The normalized spacial score (nSPS) is 18.9. The molecule has 0 spiro atoms. The van der Waals surface area contributed by atoms with Gasteiger partial charge in [0.2, 0.25) is 0 Å². The minimum atomic E-state index is -0.589. The minimum Gasteiger partial charge on any atom is -0.464 e. The van der Waals surface area contributed by atoms with Crippen molar-refractivity contribution in [2.75, 3.05) is 25.6 Å². The van der Waals surface area contributed by atoms with Crippen molar-refractivity contribution in [3.8, 4) is 0 Å². The zero-order valence-electron chi connectivity index (χ0n) is 10.9. The number of hydrogen-bond acceptors (Lipinski definition) is 7. The molecule has 104 valence electrons. The molecule has 1 aromatic rings. The van der Waals surface area contributed by atoms with Crippen LogP contribution in [0.25, 0.3) is 0 Å². The number of carbonyl (C=O) groups is 2. The molecule has 1 N–H and O–H groups in total. The molecule has 19 heavy (non-hydrogen) atoms. The Morgan fingerprint density at radius 3 is 2.89 bits per heavy atom. The van der Waals surface area contributed by atoms with Crippen LogP contribution in [0.3, 0.4) is 0 Å². The molecular weight excluding hydrogens is 268 g/mol. The first kappa shape index (κ1) is 14.0. The summed E-state index contributed by atoms with van der Waals surface area (Å²) in [5.41, 5.74) is 0.0826. The lowest BCUT2D eigenvalue weighted by atomic mass is 10.1. The van der Waals surface area contributed by atoms with Gasteiger partial charge in [0.15, 0.2) is 16.6 Å². The van der Waals surface area contributed by atoms with Gasteiger partial charge in [0.25, 0.3) is 0 Å². The SMILES string of the molecule is COC(=O)c1nc(NC2CCCOC2)sc1C(C)=O. The Kier molecular flexibility index (Phi) is 4.49. The number of methoxy groups -OCH3 is 1. The Morgan fingerprint density at radius 1 is 1.53 bits per heavy atom. The standard InChI is InChI=1S/C12H16N2O4S/c1-7(15)10-9(11(16)17-2)14-12(19-10)13-8-4-3-5-18-6-8/h8H,3-6H2,1-2H3,(H,13,14). The highest BCUT2D eigenvalue weighted by Gasteiger charge is 2.23. The molecular formula is C12H16N2O4S. The number of nitrogens with zero attached hydrogens (tertiary/aromatic N) is 1. The predicted octanol–water partition coefficient (Wildman–Crippen LogP) is 1.72. The Morgan fingerprint density at radius 2 is 2.32 bits per heavy atom. The van der Waals surface area contributed by atoms with Crippen molar-refractivity contribution in [2.24, 2.45) is 0 Å². The average molecular weight is 284 g/mol. The molecule has 6 nitrogen and oxygen atoms in total. The second-order valence-corrected chi connectivity index (χ2v) is 5.30. The second-order valence-electron chi connectivity index (χ2n) is 4.30. The van der Waals surface area contributed by atoms with Crippen LogP contribution in [0.15, 0.2) is 0 Å². The van der Waals surface area contributed by atoms with E-state index in [4.69, 9.17) is 4.74 Å². The highest BCUT2D eigenvalue weighted by molar-refractivity contribution is 7.17. The van der Waals surface area contributed by atoms with Crippen molar-refractivity contribution in [1.29, 1.82) is 0 Å². The highest BCUT2D eigenvalue weighted by Crippen LogP contribution is 2.26. The van der Waals surface area contributed by atoms with Gasteiger partial charge >= 0.3 is 5.97 Å². The largest absolute Gasteiger partial charge is 0.464 e. The summed E-state index contributed by atoms with van der Waals surface area (Å²) in [5.74, 6) is -0.778.